The topological polar surface area (TPSA) is 38.3 Å². The van der Waals surface area contributed by atoms with Crippen molar-refractivity contribution < 1.29 is 9.53 Å². The summed E-state index contributed by atoms with van der Waals surface area (Å²) in [6.45, 7) is 3.29. The summed E-state index contributed by atoms with van der Waals surface area (Å²) in [6, 6.07) is 5.61. The Balaban J connectivity index is 2.44. The van der Waals surface area contributed by atoms with E-state index in [0.717, 1.165) is 23.3 Å². The summed E-state index contributed by atoms with van der Waals surface area (Å²) in [5, 5.41) is 2.81. The third kappa shape index (κ3) is 1.45. The molecular weight excluding hydrogens is 178 g/mol. The fourth-order valence-electron chi connectivity index (χ4n) is 1.72. The summed E-state index contributed by atoms with van der Waals surface area (Å²) in [7, 11) is 0. The highest BCUT2D eigenvalue weighted by molar-refractivity contribution is 5.97. The Morgan fingerprint density at radius 2 is 2.36 bits per heavy atom. The lowest BCUT2D eigenvalue weighted by atomic mass is 9.99. The molecule has 0 fully saturated rings. The van der Waals surface area contributed by atoms with Crippen LogP contribution in [-0.4, -0.2) is 19.1 Å². The van der Waals surface area contributed by atoms with Crippen molar-refractivity contribution in [3.05, 3.63) is 29.3 Å². The van der Waals surface area contributed by atoms with Crippen LogP contribution in [0.15, 0.2) is 18.2 Å². The summed E-state index contributed by atoms with van der Waals surface area (Å²) in [4.78, 5) is 11.5. The minimum Gasteiger partial charge on any atom is -0.494 e. The standard InChI is InChI=1S/C11H13NO2/c1-2-14-10-5-3-4-9-8(10)6-7-12-11(9)13/h3-5H,2,6-7H2,1H3,(H,12,13). The van der Waals surface area contributed by atoms with Gasteiger partial charge in [-0.1, -0.05) is 6.07 Å². The van der Waals surface area contributed by atoms with Gasteiger partial charge in [0.15, 0.2) is 0 Å². The highest BCUT2D eigenvalue weighted by Crippen LogP contribution is 2.24. The van der Waals surface area contributed by atoms with Gasteiger partial charge in [0.1, 0.15) is 5.75 Å². The zero-order valence-corrected chi connectivity index (χ0v) is 8.17. The molecule has 1 amide bonds. The highest BCUT2D eigenvalue weighted by atomic mass is 16.5. The van der Waals surface area contributed by atoms with Crippen LogP contribution in [0.2, 0.25) is 0 Å². The van der Waals surface area contributed by atoms with Gasteiger partial charge in [0.25, 0.3) is 5.91 Å². The van der Waals surface area contributed by atoms with Crippen LogP contribution in [0.4, 0.5) is 0 Å². The monoisotopic (exact) mass is 191 g/mol. The van der Waals surface area contributed by atoms with Crippen molar-refractivity contribution in [2.45, 2.75) is 13.3 Å². The van der Waals surface area contributed by atoms with Crippen LogP contribution in [0.1, 0.15) is 22.8 Å². The first-order valence-electron chi connectivity index (χ1n) is 4.86. The van der Waals surface area contributed by atoms with Gasteiger partial charge in [0.2, 0.25) is 0 Å². The van der Waals surface area contributed by atoms with E-state index in [0.29, 0.717) is 13.2 Å². The molecule has 0 aliphatic carbocycles. The van der Waals surface area contributed by atoms with E-state index in [1.54, 1.807) is 0 Å². The summed E-state index contributed by atoms with van der Waals surface area (Å²) in [5.41, 5.74) is 1.79. The number of hydrogen-bond donors (Lipinski definition) is 1. The van der Waals surface area contributed by atoms with Crippen LogP contribution in [0.25, 0.3) is 0 Å². The third-order valence-electron chi connectivity index (χ3n) is 2.34. The Hall–Kier alpha value is -1.51. The van der Waals surface area contributed by atoms with Crippen LogP contribution in [-0.2, 0) is 6.42 Å². The quantitative estimate of drug-likeness (QED) is 0.766. The maximum absolute atomic E-state index is 11.5. The highest BCUT2D eigenvalue weighted by Gasteiger charge is 2.19. The molecule has 0 bridgehead atoms. The average Bonchev–Trinajstić information content (AvgIpc) is 2.20. The molecule has 0 aromatic heterocycles. The summed E-state index contributed by atoms with van der Waals surface area (Å²) in [5.74, 6) is 0.854. The lowest BCUT2D eigenvalue weighted by Gasteiger charge is -2.19. The molecule has 0 saturated heterocycles. The molecule has 0 radical (unpaired) electrons. The Morgan fingerprint density at radius 1 is 1.50 bits per heavy atom. The van der Waals surface area contributed by atoms with Gasteiger partial charge in [0.05, 0.1) is 6.61 Å². The zero-order valence-electron chi connectivity index (χ0n) is 8.17. The fourth-order valence-corrected chi connectivity index (χ4v) is 1.72. The van der Waals surface area contributed by atoms with Gasteiger partial charge < -0.3 is 10.1 Å². The number of rotatable bonds is 2. The molecule has 1 aromatic carbocycles. The second kappa shape index (κ2) is 3.70. The molecule has 1 aromatic rings. The molecular formula is C11H13NO2. The molecule has 0 unspecified atom stereocenters. The maximum Gasteiger partial charge on any atom is 0.251 e. The molecule has 3 heteroatoms. The second-order valence-corrected chi connectivity index (χ2v) is 3.22. The number of benzene rings is 1. The lowest BCUT2D eigenvalue weighted by molar-refractivity contribution is 0.0945. The van der Waals surface area contributed by atoms with Gasteiger partial charge in [-0.25, -0.2) is 0 Å². The molecule has 1 aliphatic heterocycles. The predicted molar refractivity (Wildman–Crippen MR) is 53.6 cm³/mol. The smallest absolute Gasteiger partial charge is 0.251 e. The number of amides is 1. The molecule has 3 nitrogen and oxygen atoms in total. The third-order valence-corrected chi connectivity index (χ3v) is 2.34. The van der Waals surface area contributed by atoms with E-state index in [4.69, 9.17) is 4.74 Å². The Morgan fingerprint density at radius 3 is 3.14 bits per heavy atom. The SMILES string of the molecule is CCOc1cccc2c1CCNC2=O. The summed E-state index contributed by atoms with van der Waals surface area (Å²) in [6.07, 6.45) is 0.858. The van der Waals surface area contributed by atoms with Gasteiger partial charge in [-0.3, -0.25) is 4.79 Å². The van der Waals surface area contributed by atoms with E-state index >= 15 is 0 Å². The van der Waals surface area contributed by atoms with Gasteiger partial charge in [0, 0.05) is 17.7 Å². The zero-order chi connectivity index (χ0) is 9.97. The van der Waals surface area contributed by atoms with E-state index < -0.39 is 0 Å². The van der Waals surface area contributed by atoms with Gasteiger partial charge >= 0.3 is 0 Å². The molecule has 1 heterocycles. The molecule has 1 N–H and O–H groups in total. The van der Waals surface area contributed by atoms with Crippen LogP contribution in [0.3, 0.4) is 0 Å². The maximum atomic E-state index is 11.5. The second-order valence-electron chi connectivity index (χ2n) is 3.22. The first-order valence-corrected chi connectivity index (χ1v) is 4.86. The van der Waals surface area contributed by atoms with Gasteiger partial charge in [-0.2, -0.15) is 0 Å². The first-order chi connectivity index (χ1) is 6.83. The molecule has 0 atom stereocenters. The van der Waals surface area contributed by atoms with Crippen molar-refractivity contribution in [3.63, 3.8) is 0 Å². The largest absolute Gasteiger partial charge is 0.494 e. The first kappa shape index (κ1) is 9.06. The summed E-state index contributed by atoms with van der Waals surface area (Å²) < 4.78 is 5.47. The number of hydrogen-bond acceptors (Lipinski definition) is 2. The van der Waals surface area contributed by atoms with Crippen molar-refractivity contribution >= 4 is 5.91 Å². The van der Waals surface area contributed by atoms with Crippen molar-refractivity contribution in [3.8, 4) is 5.75 Å². The number of carbonyl (C=O) groups is 1. The van der Waals surface area contributed by atoms with Crippen molar-refractivity contribution in [1.82, 2.24) is 5.32 Å². The van der Waals surface area contributed by atoms with Crippen molar-refractivity contribution in [2.24, 2.45) is 0 Å². The number of ether oxygens (including phenoxy) is 1. The van der Waals surface area contributed by atoms with E-state index in [9.17, 15) is 4.79 Å². The van der Waals surface area contributed by atoms with Gasteiger partial charge in [-0.15, -0.1) is 0 Å². The molecule has 0 spiro atoms. The Kier molecular flexibility index (Phi) is 2.39. The van der Waals surface area contributed by atoms with Crippen molar-refractivity contribution in [2.75, 3.05) is 13.2 Å². The molecule has 0 saturated carbocycles. The van der Waals surface area contributed by atoms with Crippen LogP contribution >= 0.6 is 0 Å². The normalized spacial score (nSPS) is 14.5. The van der Waals surface area contributed by atoms with E-state index in [-0.39, 0.29) is 5.91 Å². The Labute approximate surface area is 83.1 Å². The average molecular weight is 191 g/mol. The Bertz CT molecular complexity index is 360. The molecule has 74 valence electrons. The number of nitrogens with one attached hydrogen (secondary N) is 1. The van der Waals surface area contributed by atoms with Crippen LogP contribution in [0.5, 0.6) is 5.75 Å². The van der Waals surface area contributed by atoms with Gasteiger partial charge in [-0.05, 0) is 25.5 Å². The lowest BCUT2D eigenvalue weighted by Crippen LogP contribution is -2.32. The molecule has 14 heavy (non-hydrogen) atoms. The minimum atomic E-state index is 0.00723. The van der Waals surface area contributed by atoms with E-state index in [1.807, 2.05) is 25.1 Å². The minimum absolute atomic E-state index is 0.00723. The van der Waals surface area contributed by atoms with Crippen molar-refractivity contribution in [1.29, 1.82) is 0 Å². The number of fused-ring (bicyclic) bond motifs is 1. The summed E-state index contributed by atoms with van der Waals surface area (Å²) >= 11 is 0. The molecule has 2 rings (SSSR count). The van der Waals surface area contributed by atoms with E-state index in [1.165, 1.54) is 0 Å². The number of carbonyl (C=O) groups excluding carboxylic acids is 1. The fraction of sp³-hybridized carbons (Fsp3) is 0.364. The van der Waals surface area contributed by atoms with Crippen LogP contribution in [0, 0.1) is 0 Å². The molecule has 1 aliphatic rings. The van der Waals surface area contributed by atoms with E-state index in [2.05, 4.69) is 5.32 Å². The van der Waals surface area contributed by atoms with Crippen LogP contribution < -0.4 is 10.1 Å². The predicted octanol–water partition coefficient (Wildman–Crippen LogP) is 1.37.